The molecule has 1 unspecified atom stereocenters. The van der Waals surface area contributed by atoms with E-state index in [-0.39, 0.29) is 6.04 Å². The Labute approximate surface area is 143 Å². The van der Waals surface area contributed by atoms with Crippen molar-refractivity contribution in [2.75, 3.05) is 0 Å². The first-order valence-electron chi connectivity index (χ1n) is 7.39. The van der Waals surface area contributed by atoms with E-state index in [2.05, 4.69) is 37.8 Å². The van der Waals surface area contributed by atoms with Gasteiger partial charge in [-0.3, -0.25) is 0 Å². The maximum Gasteiger partial charge on any atom is 0.240 e. The zero-order valence-corrected chi connectivity index (χ0v) is 14.6. The number of sulfonamides is 1. The molecular formula is C17H15BrN2O2S. The topological polar surface area (TPSA) is 62.0 Å². The first-order chi connectivity index (χ1) is 11.0. The minimum Gasteiger partial charge on any atom is -0.358 e. The van der Waals surface area contributed by atoms with Gasteiger partial charge >= 0.3 is 0 Å². The lowest BCUT2D eigenvalue weighted by molar-refractivity contribution is 0.555. The number of hydrogen-bond donors (Lipinski definition) is 2. The van der Waals surface area contributed by atoms with Gasteiger partial charge in [0.15, 0.2) is 0 Å². The molecule has 1 atom stereocenters. The lowest BCUT2D eigenvalue weighted by atomic mass is 10.1. The van der Waals surface area contributed by atoms with E-state index in [0.29, 0.717) is 11.3 Å². The summed E-state index contributed by atoms with van der Waals surface area (Å²) in [6.45, 7) is 0. The first kappa shape index (κ1) is 14.9. The summed E-state index contributed by atoms with van der Waals surface area (Å²) in [6, 6.07) is 14.7. The van der Waals surface area contributed by atoms with Crippen LogP contribution in [-0.2, 0) is 22.9 Å². The number of aromatic amines is 1. The highest BCUT2D eigenvalue weighted by Crippen LogP contribution is 2.30. The molecule has 1 aromatic heterocycles. The summed E-state index contributed by atoms with van der Waals surface area (Å²) >= 11 is 3.32. The van der Waals surface area contributed by atoms with Gasteiger partial charge < -0.3 is 4.98 Å². The maximum absolute atomic E-state index is 12.5. The molecule has 0 spiro atoms. The van der Waals surface area contributed by atoms with Crippen LogP contribution in [0.25, 0.3) is 10.9 Å². The summed E-state index contributed by atoms with van der Waals surface area (Å²) in [4.78, 5) is 3.69. The van der Waals surface area contributed by atoms with Gasteiger partial charge in [-0.25, -0.2) is 13.1 Å². The molecule has 0 amide bonds. The van der Waals surface area contributed by atoms with Gasteiger partial charge in [-0.2, -0.15) is 0 Å². The molecule has 0 saturated carbocycles. The van der Waals surface area contributed by atoms with Crippen molar-refractivity contribution < 1.29 is 8.42 Å². The Morgan fingerprint density at radius 2 is 1.78 bits per heavy atom. The molecule has 1 heterocycles. The number of halogens is 1. The number of hydrogen-bond acceptors (Lipinski definition) is 2. The molecule has 4 rings (SSSR count). The smallest absolute Gasteiger partial charge is 0.240 e. The van der Waals surface area contributed by atoms with E-state index in [4.69, 9.17) is 0 Å². The van der Waals surface area contributed by atoms with Crippen molar-refractivity contribution in [2.45, 2.75) is 23.8 Å². The number of fused-ring (bicyclic) bond motifs is 3. The average Bonchev–Trinajstić information content (AvgIpc) is 3.04. The van der Waals surface area contributed by atoms with E-state index in [0.717, 1.165) is 22.1 Å². The zero-order chi connectivity index (χ0) is 16.0. The Kier molecular flexibility index (Phi) is 3.55. The summed E-state index contributed by atoms with van der Waals surface area (Å²) in [7, 11) is -3.49. The number of para-hydroxylation sites is 1. The van der Waals surface area contributed by atoms with E-state index in [1.165, 1.54) is 10.9 Å². The van der Waals surface area contributed by atoms with Gasteiger partial charge in [0.1, 0.15) is 0 Å². The second-order valence-electron chi connectivity index (χ2n) is 5.81. The third-order valence-electron chi connectivity index (χ3n) is 4.25. The molecule has 118 valence electrons. The van der Waals surface area contributed by atoms with Crippen molar-refractivity contribution in [1.82, 2.24) is 9.71 Å². The molecule has 1 aliphatic rings. The van der Waals surface area contributed by atoms with Crippen LogP contribution in [0.3, 0.4) is 0 Å². The van der Waals surface area contributed by atoms with Gasteiger partial charge in [0, 0.05) is 33.5 Å². The molecule has 4 nitrogen and oxygen atoms in total. The molecule has 1 aliphatic carbocycles. The number of H-pyrrole nitrogens is 1. The largest absolute Gasteiger partial charge is 0.358 e. The molecule has 0 saturated heterocycles. The highest BCUT2D eigenvalue weighted by atomic mass is 79.9. The summed E-state index contributed by atoms with van der Waals surface area (Å²) in [6.07, 6.45) is 1.41. The van der Waals surface area contributed by atoms with Gasteiger partial charge in [0.2, 0.25) is 10.0 Å². The normalized spacial score (nSPS) is 17.5. The van der Waals surface area contributed by atoms with Gasteiger partial charge in [-0.1, -0.05) is 34.1 Å². The predicted molar refractivity (Wildman–Crippen MR) is 94.0 cm³/mol. The Hall–Kier alpha value is -1.63. The van der Waals surface area contributed by atoms with Crippen LogP contribution in [0.15, 0.2) is 57.9 Å². The van der Waals surface area contributed by atoms with Gasteiger partial charge in [0.05, 0.1) is 4.90 Å². The summed E-state index contributed by atoms with van der Waals surface area (Å²) in [5.74, 6) is 0. The Morgan fingerprint density at radius 3 is 2.57 bits per heavy atom. The third kappa shape index (κ3) is 2.71. The van der Waals surface area contributed by atoms with Crippen LogP contribution in [0.5, 0.6) is 0 Å². The second kappa shape index (κ2) is 5.47. The van der Waals surface area contributed by atoms with Crippen molar-refractivity contribution in [2.24, 2.45) is 0 Å². The van der Waals surface area contributed by atoms with Crippen LogP contribution in [0, 0.1) is 0 Å². The van der Waals surface area contributed by atoms with Gasteiger partial charge in [-0.05, 0) is 42.3 Å². The van der Waals surface area contributed by atoms with E-state index in [9.17, 15) is 8.42 Å². The molecule has 3 aromatic rings. The standard InChI is InChI=1S/C17H15BrN2O2S/c18-11-5-7-13(8-6-11)23(21,22)20-12-9-15-14-3-1-2-4-16(14)19-17(15)10-12/h1-8,12,19-20H,9-10H2. The van der Waals surface area contributed by atoms with E-state index in [1.807, 2.05) is 12.1 Å². The predicted octanol–water partition coefficient (Wildman–Crippen LogP) is 3.38. The minimum absolute atomic E-state index is 0.102. The summed E-state index contributed by atoms with van der Waals surface area (Å²) in [5.41, 5.74) is 3.48. The van der Waals surface area contributed by atoms with Crippen LogP contribution in [0.4, 0.5) is 0 Å². The molecule has 0 radical (unpaired) electrons. The molecular weight excluding hydrogens is 376 g/mol. The van der Waals surface area contributed by atoms with Gasteiger partial charge in [-0.15, -0.1) is 0 Å². The molecule has 0 aliphatic heterocycles. The molecule has 2 N–H and O–H groups in total. The SMILES string of the molecule is O=S(=O)(NC1Cc2[nH]c3ccccc3c2C1)c1ccc(Br)cc1. The first-order valence-corrected chi connectivity index (χ1v) is 9.67. The zero-order valence-electron chi connectivity index (χ0n) is 12.2. The molecule has 0 bridgehead atoms. The highest BCUT2D eigenvalue weighted by molar-refractivity contribution is 9.10. The van der Waals surface area contributed by atoms with Crippen molar-refractivity contribution in [3.8, 4) is 0 Å². The Morgan fingerprint density at radius 1 is 1.04 bits per heavy atom. The molecule has 2 aromatic carbocycles. The Balaban J connectivity index is 1.57. The number of rotatable bonds is 3. The second-order valence-corrected chi connectivity index (χ2v) is 8.44. The van der Waals surface area contributed by atoms with Crippen LogP contribution in [-0.4, -0.2) is 19.4 Å². The van der Waals surface area contributed by atoms with E-state index < -0.39 is 10.0 Å². The molecule has 0 fully saturated rings. The van der Waals surface area contributed by atoms with Gasteiger partial charge in [0.25, 0.3) is 0 Å². The maximum atomic E-state index is 12.5. The van der Waals surface area contributed by atoms with Crippen molar-refractivity contribution in [3.63, 3.8) is 0 Å². The minimum atomic E-state index is -3.49. The fourth-order valence-electron chi connectivity index (χ4n) is 3.21. The number of benzene rings is 2. The quantitative estimate of drug-likeness (QED) is 0.719. The lowest BCUT2D eigenvalue weighted by Crippen LogP contribution is -2.35. The number of aromatic nitrogens is 1. The third-order valence-corrected chi connectivity index (χ3v) is 6.31. The molecule has 23 heavy (non-hydrogen) atoms. The van der Waals surface area contributed by atoms with Crippen molar-refractivity contribution in [1.29, 1.82) is 0 Å². The monoisotopic (exact) mass is 390 g/mol. The van der Waals surface area contributed by atoms with Crippen molar-refractivity contribution in [3.05, 3.63) is 64.3 Å². The van der Waals surface area contributed by atoms with E-state index in [1.54, 1.807) is 24.3 Å². The van der Waals surface area contributed by atoms with E-state index >= 15 is 0 Å². The fourth-order valence-corrected chi connectivity index (χ4v) is 4.71. The van der Waals surface area contributed by atoms with Crippen LogP contribution < -0.4 is 4.72 Å². The van der Waals surface area contributed by atoms with Crippen LogP contribution in [0.1, 0.15) is 11.3 Å². The highest BCUT2D eigenvalue weighted by Gasteiger charge is 2.29. The van der Waals surface area contributed by atoms with Crippen LogP contribution >= 0.6 is 15.9 Å². The number of nitrogens with one attached hydrogen (secondary N) is 2. The van der Waals surface area contributed by atoms with Crippen LogP contribution in [0.2, 0.25) is 0 Å². The summed E-state index contributed by atoms with van der Waals surface area (Å²) < 4.78 is 28.7. The molecule has 6 heteroatoms. The average molecular weight is 391 g/mol. The fraction of sp³-hybridized carbons (Fsp3) is 0.176. The van der Waals surface area contributed by atoms with Crippen molar-refractivity contribution >= 4 is 36.9 Å². The Bertz CT molecular complexity index is 978. The lowest BCUT2D eigenvalue weighted by Gasteiger charge is -2.13. The summed E-state index contributed by atoms with van der Waals surface area (Å²) in [5, 5.41) is 1.19.